The Morgan fingerprint density at radius 3 is 2.53 bits per heavy atom. The van der Waals surface area contributed by atoms with E-state index < -0.39 is 0 Å². The molecule has 3 rings (SSSR count). The van der Waals surface area contributed by atoms with E-state index in [-0.39, 0.29) is 11.7 Å². The maximum absolute atomic E-state index is 5.96. The topological polar surface area (TPSA) is 25.4 Å². The van der Waals surface area contributed by atoms with Crippen LogP contribution in [0.4, 0.5) is 0 Å². The van der Waals surface area contributed by atoms with Gasteiger partial charge < -0.3 is 4.74 Å². The van der Waals surface area contributed by atoms with Crippen LogP contribution < -0.4 is 0 Å². The second-order valence-electron chi connectivity index (χ2n) is 4.36. The predicted octanol–water partition coefficient (Wildman–Crippen LogP) is 3.46. The summed E-state index contributed by atoms with van der Waals surface area (Å²) in [6.07, 6.45) is 2.90. The van der Waals surface area contributed by atoms with Gasteiger partial charge in [-0.2, -0.15) is 0 Å². The molecule has 0 N–H and O–H groups in total. The van der Waals surface area contributed by atoms with Crippen molar-refractivity contribution in [1.29, 1.82) is 0 Å². The number of pyridine rings is 1. The zero-order valence-corrected chi connectivity index (χ0v) is 9.84. The number of benzene rings is 1. The molecule has 0 amide bonds. The van der Waals surface area contributed by atoms with Crippen molar-refractivity contribution in [2.45, 2.75) is 25.0 Å². The second-order valence-corrected chi connectivity index (χ2v) is 4.36. The highest BCUT2D eigenvalue weighted by Gasteiger charge is 2.57. The Labute approximate surface area is 101 Å². The maximum atomic E-state index is 5.96. The van der Waals surface area contributed by atoms with Crippen LogP contribution in [0.3, 0.4) is 0 Å². The third kappa shape index (κ3) is 1.65. The van der Waals surface area contributed by atoms with Gasteiger partial charge in [0.1, 0.15) is 11.7 Å². The number of rotatable bonds is 3. The summed E-state index contributed by atoms with van der Waals surface area (Å²) in [5.41, 5.74) is 2.12. The van der Waals surface area contributed by atoms with Crippen LogP contribution in [0.25, 0.3) is 0 Å². The molecule has 1 fully saturated rings. The minimum atomic E-state index is -0.157. The highest BCUT2D eigenvalue weighted by atomic mass is 16.6. The van der Waals surface area contributed by atoms with E-state index in [0.717, 1.165) is 12.1 Å². The maximum Gasteiger partial charge on any atom is 0.134 e. The highest BCUT2D eigenvalue weighted by molar-refractivity contribution is 5.32. The first-order chi connectivity index (χ1) is 8.37. The Morgan fingerprint density at radius 1 is 1.12 bits per heavy atom. The van der Waals surface area contributed by atoms with E-state index >= 15 is 0 Å². The lowest BCUT2D eigenvalue weighted by Crippen LogP contribution is -2.08. The SMILES string of the molecule is CC[C@@]1(c2ccccc2)O[C@H]1c1ccccn1. The summed E-state index contributed by atoms with van der Waals surface area (Å²) in [6.45, 7) is 2.16. The summed E-state index contributed by atoms with van der Waals surface area (Å²) in [7, 11) is 0. The highest BCUT2D eigenvalue weighted by Crippen LogP contribution is 2.58. The molecule has 2 aromatic rings. The molecule has 2 atom stereocenters. The van der Waals surface area contributed by atoms with Gasteiger partial charge in [-0.1, -0.05) is 43.3 Å². The molecule has 17 heavy (non-hydrogen) atoms. The molecule has 1 aliphatic heterocycles. The van der Waals surface area contributed by atoms with Gasteiger partial charge in [0.25, 0.3) is 0 Å². The van der Waals surface area contributed by atoms with Crippen molar-refractivity contribution in [3.8, 4) is 0 Å². The molecule has 86 valence electrons. The van der Waals surface area contributed by atoms with Crippen molar-refractivity contribution < 1.29 is 4.74 Å². The van der Waals surface area contributed by atoms with Crippen molar-refractivity contribution in [3.05, 3.63) is 66.0 Å². The Hall–Kier alpha value is -1.67. The van der Waals surface area contributed by atoms with Crippen LogP contribution >= 0.6 is 0 Å². The summed E-state index contributed by atoms with van der Waals surface area (Å²) in [5, 5.41) is 0. The Kier molecular flexibility index (Phi) is 2.45. The number of hydrogen-bond donors (Lipinski definition) is 0. The fourth-order valence-corrected chi connectivity index (χ4v) is 2.42. The molecule has 0 aliphatic carbocycles. The van der Waals surface area contributed by atoms with Gasteiger partial charge in [0, 0.05) is 6.20 Å². The number of hydrogen-bond acceptors (Lipinski definition) is 2. The normalized spacial score (nSPS) is 26.8. The molecule has 0 saturated carbocycles. The molecule has 0 spiro atoms. The van der Waals surface area contributed by atoms with Gasteiger partial charge in [-0.3, -0.25) is 4.98 Å². The molecule has 1 saturated heterocycles. The van der Waals surface area contributed by atoms with Gasteiger partial charge in [0.2, 0.25) is 0 Å². The third-order valence-corrected chi connectivity index (χ3v) is 3.44. The van der Waals surface area contributed by atoms with E-state index in [2.05, 4.69) is 36.2 Å². The fraction of sp³-hybridized carbons (Fsp3) is 0.267. The van der Waals surface area contributed by atoms with Crippen molar-refractivity contribution in [3.63, 3.8) is 0 Å². The van der Waals surface area contributed by atoms with Crippen LogP contribution in [-0.4, -0.2) is 4.98 Å². The van der Waals surface area contributed by atoms with Crippen LogP contribution in [0.1, 0.15) is 30.7 Å². The standard InChI is InChI=1S/C15H15NO/c1-2-15(12-8-4-3-5-9-12)14(17-15)13-10-6-7-11-16-13/h3-11,14H,2H2,1H3/t14-,15-/m0/s1. The van der Waals surface area contributed by atoms with E-state index in [1.165, 1.54) is 5.56 Å². The van der Waals surface area contributed by atoms with Crippen LogP contribution in [-0.2, 0) is 10.3 Å². The van der Waals surface area contributed by atoms with Gasteiger partial charge in [0.15, 0.2) is 0 Å². The van der Waals surface area contributed by atoms with E-state index in [1.807, 2.05) is 30.5 Å². The number of nitrogens with zero attached hydrogens (tertiary/aromatic N) is 1. The van der Waals surface area contributed by atoms with Crippen LogP contribution in [0.5, 0.6) is 0 Å². The monoisotopic (exact) mass is 225 g/mol. The molecule has 0 bridgehead atoms. The molecule has 1 aliphatic rings. The molecule has 0 radical (unpaired) electrons. The molecule has 1 aromatic heterocycles. The molecule has 2 heteroatoms. The molecular formula is C15H15NO. The van der Waals surface area contributed by atoms with Gasteiger partial charge >= 0.3 is 0 Å². The van der Waals surface area contributed by atoms with Gasteiger partial charge in [0.05, 0.1) is 5.69 Å². The quantitative estimate of drug-likeness (QED) is 0.747. The first-order valence-corrected chi connectivity index (χ1v) is 6.01. The predicted molar refractivity (Wildman–Crippen MR) is 66.5 cm³/mol. The average Bonchev–Trinajstić information content (AvgIpc) is 3.17. The van der Waals surface area contributed by atoms with Gasteiger partial charge in [-0.25, -0.2) is 0 Å². The number of ether oxygens (including phenoxy) is 1. The minimum Gasteiger partial charge on any atom is -0.354 e. The van der Waals surface area contributed by atoms with Crippen LogP contribution in [0.15, 0.2) is 54.7 Å². The second kappa shape index (κ2) is 3.97. The van der Waals surface area contributed by atoms with Crippen molar-refractivity contribution in [2.75, 3.05) is 0 Å². The lowest BCUT2D eigenvalue weighted by Gasteiger charge is -2.10. The van der Waals surface area contributed by atoms with E-state index in [0.29, 0.717) is 0 Å². The summed E-state index contributed by atoms with van der Waals surface area (Å²) in [6, 6.07) is 16.4. The summed E-state index contributed by atoms with van der Waals surface area (Å²) < 4.78 is 5.96. The van der Waals surface area contributed by atoms with Crippen molar-refractivity contribution >= 4 is 0 Å². The largest absolute Gasteiger partial charge is 0.354 e. The number of epoxide rings is 1. The summed E-state index contributed by atoms with van der Waals surface area (Å²) in [4.78, 5) is 4.38. The Morgan fingerprint density at radius 2 is 1.88 bits per heavy atom. The summed E-state index contributed by atoms with van der Waals surface area (Å²) in [5.74, 6) is 0. The zero-order valence-electron chi connectivity index (χ0n) is 9.84. The fourth-order valence-electron chi connectivity index (χ4n) is 2.42. The molecule has 1 aromatic carbocycles. The van der Waals surface area contributed by atoms with Crippen LogP contribution in [0, 0.1) is 0 Å². The van der Waals surface area contributed by atoms with Crippen LogP contribution in [0.2, 0.25) is 0 Å². The molecule has 0 unspecified atom stereocenters. The average molecular weight is 225 g/mol. The Bertz CT molecular complexity index is 497. The minimum absolute atomic E-state index is 0.107. The van der Waals surface area contributed by atoms with Gasteiger partial charge in [-0.15, -0.1) is 0 Å². The molecule has 2 heterocycles. The first-order valence-electron chi connectivity index (χ1n) is 6.01. The Balaban J connectivity index is 1.94. The third-order valence-electron chi connectivity index (χ3n) is 3.44. The molecular weight excluding hydrogens is 210 g/mol. The number of aromatic nitrogens is 1. The van der Waals surface area contributed by atoms with E-state index in [9.17, 15) is 0 Å². The van der Waals surface area contributed by atoms with Crippen molar-refractivity contribution in [1.82, 2.24) is 4.98 Å². The van der Waals surface area contributed by atoms with E-state index in [1.54, 1.807) is 0 Å². The van der Waals surface area contributed by atoms with E-state index in [4.69, 9.17) is 4.74 Å². The lowest BCUT2D eigenvalue weighted by atomic mass is 9.91. The van der Waals surface area contributed by atoms with Gasteiger partial charge in [-0.05, 0) is 24.1 Å². The lowest BCUT2D eigenvalue weighted by molar-refractivity contribution is 0.289. The zero-order chi connectivity index (χ0) is 11.7. The molecule has 2 nitrogen and oxygen atoms in total. The summed E-state index contributed by atoms with van der Waals surface area (Å²) >= 11 is 0. The smallest absolute Gasteiger partial charge is 0.134 e. The van der Waals surface area contributed by atoms with Crippen molar-refractivity contribution in [2.24, 2.45) is 0 Å². The first kappa shape index (κ1) is 10.5.